The summed E-state index contributed by atoms with van der Waals surface area (Å²) in [6.45, 7) is 0.498. The van der Waals surface area contributed by atoms with Crippen molar-refractivity contribution in [1.29, 1.82) is 0 Å². The van der Waals surface area contributed by atoms with Crippen LogP contribution >= 0.6 is 15.9 Å². The van der Waals surface area contributed by atoms with Gasteiger partial charge in [-0.3, -0.25) is 9.59 Å². The summed E-state index contributed by atoms with van der Waals surface area (Å²) in [4.78, 5) is 24.2. The van der Waals surface area contributed by atoms with Gasteiger partial charge in [-0.15, -0.1) is 0 Å². The summed E-state index contributed by atoms with van der Waals surface area (Å²) in [5.74, 6) is -1.17. The first-order valence-corrected chi connectivity index (χ1v) is 13.1. The van der Waals surface area contributed by atoms with Gasteiger partial charge in [-0.25, -0.2) is 0 Å². The van der Waals surface area contributed by atoms with Gasteiger partial charge in [0.05, 0.1) is 6.42 Å². The predicted molar refractivity (Wildman–Crippen MR) is 146 cm³/mol. The fraction of sp³-hybridized carbons (Fsp3) is 0.267. The van der Waals surface area contributed by atoms with Crippen molar-refractivity contribution in [2.75, 3.05) is 12.4 Å². The number of benzene rings is 3. The molecule has 0 aromatic heterocycles. The molecule has 1 atom stereocenters. The number of hydrogen-bond donors (Lipinski definition) is 2. The van der Waals surface area contributed by atoms with Crippen LogP contribution in [-0.2, 0) is 29.0 Å². The summed E-state index contributed by atoms with van der Waals surface area (Å²) in [6.07, 6.45) is 9.41. The topological polar surface area (TPSA) is 69.6 Å². The predicted octanol–water partition coefficient (Wildman–Crippen LogP) is 4.10. The van der Waals surface area contributed by atoms with Crippen LogP contribution in [0.1, 0.15) is 36.0 Å². The summed E-state index contributed by atoms with van der Waals surface area (Å²) in [5.41, 5.74) is 4.97. The van der Waals surface area contributed by atoms with Crippen LogP contribution in [0.25, 0.3) is 12.2 Å². The Morgan fingerprint density at radius 1 is 1.06 bits per heavy atom. The summed E-state index contributed by atoms with van der Waals surface area (Å²) in [6, 6.07) is 18.0. The highest BCUT2D eigenvalue weighted by Gasteiger charge is 2.28. The number of nitrogens with zero attached hydrogens (tertiary/aromatic N) is 1. The van der Waals surface area contributed by atoms with Crippen LogP contribution in [0.4, 0.5) is 5.69 Å². The van der Waals surface area contributed by atoms with E-state index in [2.05, 4.69) is 63.7 Å². The van der Waals surface area contributed by atoms with E-state index in [1.54, 1.807) is 23.1 Å². The van der Waals surface area contributed by atoms with Crippen LogP contribution in [0.5, 0.6) is 0 Å². The first-order chi connectivity index (χ1) is 17.4. The Balaban J connectivity index is 0.000000149. The van der Waals surface area contributed by atoms with Crippen LogP contribution in [0.2, 0.25) is 0 Å². The fourth-order valence-electron chi connectivity index (χ4n) is 5.36. The third-order valence-electron chi connectivity index (χ3n) is 7.12. The second-order valence-corrected chi connectivity index (χ2v) is 10.4. The fourth-order valence-corrected chi connectivity index (χ4v) is 5.89. The molecular weight excluding hydrogens is 516 g/mol. The number of amides is 1. The lowest BCUT2D eigenvalue weighted by Gasteiger charge is -2.19. The average Bonchev–Trinajstić information content (AvgIpc) is 3.00. The molecule has 0 saturated heterocycles. The molecule has 0 spiro atoms. The molecule has 3 aliphatic rings. The van der Waals surface area contributed by atoms with Crippen molar-refractivity contribution >= 4 is 45.6 Å². The number of nitrogens with one attached hydrogen (secondary N) is 1. The number of para-hydroxylation sites is 1. The van der Waals surface area contributed by atoms with E-state index in [-0.39, 0.29) is 12.3 Å². The van der Waals surface area contributed by atoms with Crippen LogP contribution in [0.15, 0.2) is 59.1 Å². The number of fused-ring (bicyclic) bond motifs is 5. The molecule has 1 heterocycles. The highest BCUT2D eigenvalue weighted by molar-refractivity contribution is 9.10. The Morgan fingerprint density at radius 2 is 1.89 bits per heavy atom. The first-order valence-electron chi connectivity index (χ1n) is 12.3. The Bertz CT molecular complexity index is 1560. The standard InChI is InChI=1S/C18H15Br.C12H14N2O3/c19-18-7-3-6-14-16-9-8-12-4-1-2-5-13(12)15(16)10-11-17(14)18;1-14-7-8-4-2-3-5-9(8)13-10(12(14)17)6-11(15)16/h3-4,6-9,11H,1-2,5,10H2;2-5,10,13H,6-7H2,1H3,(H,15,16). The number of aliphatic carboxylic acids is 1. The molecule has 0 saturated carbocycles. The van der Waals surface area contributed by atoms with Gasteiger partial charge in [0, 0.05) is 23.8 Å². The van der Waals surface area contributed by atoms with Crippen LogP contribution in [0, 0.1) is 10.4 Å². The number of carbonyl (C=O) groups is 2. The van der Waals surface area contributed by atoms with E-state index < -0.39 is 12.0 Å². The largest absolute Gasteiger partial charge is 0.481 e. The number of hydrogen-bond acceptors (Lipinski definition) is 3. The third-order valence-corrected chi connectivity index (χ3v) is 7.82. The highest BCUT2D eigenvalue weighted by Crippen LogP contribution is 2.23. The van der Waals surface area contributed by atoms with Gasteiger partial charge in [-0.1, -0.05) is 70.5 Å². The number of carboxylic acid groups (broad SMARTS) is 1. The SMILES string of the molecule is Brc1cccc2c1=CCc1c3c(ccc1=2)=CCCC3.CN1Cc2ccccc2NC(CC(=O)O)C1=O. The summed E-state index contributed by atoms with van der Waals surface area (Å²) in [5, 5.41) is 17.4. The van der Waals surface area contributed by atoms with Crippen molar-refractivity contribution < 1.29 is 14.7 Å². The van der Waals surface area contributed by atoms with Crippen molar-refractivity contribution in [3.8, 4) is 0 Å². The average molecular weight is 545 g/mol. The van der Waals surface area contributed by atoms with E-state index in [4.69, 9.17) is 5.11 Å². The number of anilines is 1. The van der Waals surface area contributed by atoms with Gasteiger partial charge in [0.2, 0.25) is 5.91 Å². The molecule has 1 aliphatic heterocycles. The van der Waals surface area contributed by atoms with Crippen molar-refractivity contribution in [2.24, 2.45) is 0 Å². The summed E-state index contributed by atoms with van der Waals surface area (Å²) >= 11 is 3.67. The molecule has 6 heteroatoms. The Hall–Kier alpha value is -3.38. The molecule has 0 bridgehead atoms. The maximum atomic E-state index is 11.9. The molecule has 2 N–H and O–H groups in total. The second-order valence-electron chi connectivity index (χ2n) is 9.51. The lowest BCUT2D eigenvalue weighted by Crippen LogP contribution is -2.39. The van der Waals surface area contributed by atoms with Crippen molar-refractivity contribution in [1.82, 2.24) is 4.90 Å². The van der Waals surface area contributed by atoms with Gasteiger partial charge in [0.15, 0.2) is 0 Å². The van der Waals surface area contributed by atoms with Crippen LogP contribution in [0.3, 0.4) is 0 Å². The Morgan fingerprint density at radius 3 is 2.72 bits per heavy atom. The van der Waals surface area contributed by atoms with Crippen molar-refractivity contribution in [3.05, 3.63) is 96.6 Å². The molecule has 1 unspecified atom stereocenters. The zero-order valence-electron chi connectivity index (χ0n) is 20.3. The zero-order valence-corrected chi connectivity index (χ0v) is 21.8. The van der Waals surface area contributed by atoms with E-state index in [9.17, 15) is 9.59 Å². The van der Waals surface area contributed by atoms with Crippen molar-refractivity contribution in [3.63, 3.8) is 0 Å². The maximum absolute atomic E-state index is 11.9. The minimum absolute atomic E-state index is 0.191. The minimum atomic E-state index is -0.983. The number of rotatable bonds is 2. The molecule has 184 valence electrons. The van der Waals surface area contributed by atoms with Gasteiger partial charge in [-0.05, 0) is 75.4 Å². The molecule has 3 aromatic rings. The molecule has 0 fully saturated rings. The normalized spacial score (nSPS) is 17.3. The van der Waals surface area contributed by atoms with Gasteiger partial charge < -0.3 is 15.3 Å². The zero-order chi connectivity index (χ0) is 25.2. The van der Waals surface area contributed by atoms with Gasteiger partial charge in [0.1, 0.15) is 6.04 Å². The lowest BCUT2D eigenvalue weighted by atomic mass is 9.89. The number of carbonyl (C=O) groups excluding carboxylic acids is 1. The molecule has 2 aliphatic carbocycles. The molecule has 3 aromatic carbocycles. The van der Waals surface area contributed by atoms with E-state index >= 15 is 0 Å². The second kappa shape index (κ2) is 10.3. The number of likely N-dealkylation sites (N-methyl/N-ethyl adjacent to an activating group) is 1. The lowest BCUT2D eigenvalue weighted by molar-refractivity contribution is -0.141. The van der Waals surface area contributed by atoms with Crippen LogP contribution < -0.4 is 15.8 Å². The molecule has 6 rings (SSSR count). The smallest absolute Gasteiger partial charge is 0.305 e. The summed E-state index contributed by atoms with van der Waals surface area (Å²) in [7, 11) is 1.68. The third kappa shape index (κ3) is 4.82. The van der Waals surface area contributed by atoms with E-state index in [1.165, 1.54) is 44.6 Å². The van der Waals surface area contributed by atoms with Gasteiger partial charge >= 0.3 is 5.97 Å². The van der Waals surface area contributed by atoms with Gasteiger partial charge in [-0.2, -0.15) is 0 Å². The number of carboxylic acids is 1. The van der Waals surface area contributed by atoms with Crippen LogP contribution in [-0.4, -0.2) is 35.0 Å². The van der Waals surface area contributed by atoms with E-state index in [0.717, 1.165) is 17.7 Å². The molecule has 5 nitrogen and oxygen atoms in total. The summed E-state index contributed by atoms with van der Waals surface area (Å²) < 4.78 is 1.21. The van der Waals surface area contributed by atoms with E-state index in [0.29, 0.717) is 6.54 Å². The molecule has 0 radical (unpaired) electrons. The molecule has 1 amide bonds. The van der Waals surface area contributed by atoms with E-state index in [1.807, 2.05) is 24.3 Å². The first kappa shape index (κ1) is 24.3. The quantitative estimate of drug-likeness (QED) is 0.509. The Labute approximate surface area is 218 Å². The Kier molecular flexibility index (Phi) is 6.97. The monoisotopic (exact) mass is 544 g/mol. The molecular formula is C30H29BrN2O3. The highest BCUT2D eigenvalue weighted by atomic mass is 79.9. The van der Waals surface area contributed by atoms with Gasteiger partial charge in [0.25, 0.3) is 0 Å². The minimum Gasteiger partial charge on any atom is -0.481 e. The number of halogens is 1. The van der Waals surface area contributed by atoms with Crippen molar-refractivity contribution in [2.45, 2.75) is 44.7 Å². The maximum Gasteiger partial charge on any atom is 0.305 e. The molecule has 36 heavy (non-hydrogen) atoms.